The largest absolute Gasteiger partial charge is 0.452 e. The molecule has 2 atom stereocenters. The van der Waals surface area contributed by atoms with Crippen LogP contribution in [0.4, 0.5) is 0 Å². The van der Waals surface area contributed by atoms with Crippen molar-refractivity contribution in [3.8, 4) is 0 Å². The molecule has 0 spiro atoms. The standard InChI is InChI=1S/C13H18ClNO2/c1-9-4-2-3-5-10(9)8-15-13(16)11-6-7-17-12(11)14/h6-7,9-10H,2-5,8H2,1H3,(H,15,16). The molecule has 3 nitrogen and oxygen atoms in total. The zero-order valence-electron chi connectivity index (χ0n) is 10.0. The average molecular weight is 256 g/mol. The van der Waals surface area contributed by atoms with Crippen molar-refractivity contribution in [2.45, 2.75) is 32.6 Å². The van der Waals surface area contributed by atoms with Crippen molar-refractivity contribution >= 4 is 17.5 Å². The molecule has 2 rings (SSSR count). The van der Waals surface area contributed by atoms with Crippen LogP contribution in [0, 0.1) is 11.8 Å². The smallest absolute Gasteiger partial charge is 0.256 e. The van der Waals surface area contributed by atoms with E-state index in [1.165, 1.54) is 31.9 Å². The molecule has 94 valence electrons. The van der Waals surface area contributed by atoms with Crippen LogP contribution in [-0.4, -0.2) is 12.5 Å². The van der Waals surface area contributed by atoms with Crippen LogP contribution in [0.5, 0.6) is 0 Å². The van der Waals surface area contributed by atoms with Gasteiger partial charge in [-0.15, -0.1) is 0 Å². The number of halogens is 1. The molecular weight excluding hydrogens is 238 g/mol. The van der Waals surface area contributed by atoms with Gasteiger partial charge in [0.1, 0.15) is 0 Å². The summed E-state index contributed by atoms with van der Waals surface area (Å²) in [6, 6.07) is 1.60. The number of amides is 1. The highest BCUT2D eigenvalue weighted by Crippen LogP contribution is 2.29. The molecule has 17 heavy (non-hydrogen) atoms. The van der Waals surface area contributed by atoms with Crippen LogP contribution >= 0.6 is 11.6 Å². The van der Waals surface area contributed by atoms with Crippen molar-refractivity contribution in [3.05, 3.63) is 23.1 Å². The van der Waals surface area contributed by atoms with Crippen LogP contribution in [-0.2, 0) is 0 Å². The lowest BCUT2D eigenvalue weighted by Gasteiger charge is -2.28. The molecule has 1 aromatic rings. The molecule has 1 aliphatic rings. The molecule has 1 amide bonds. The Kier molecular flexibility index (Phi) is 4.11. The highest BCUT2D eigenvalue weighted by molar-refractivity contribution is 6.32. The monoisotopic (exact) mass is 255 g/mol. The van der Waals surface area contributed by atoms with E-state index in [0.717, 1.165) is 6.54 Å². The van der Waals surface area contributed by atoms with Crippen molar-refractivity contribution in [2.75, 3.05) is 6.54 Å². The van der Waals surface area contributed by atoms with E-state index >= 15 is 0 Å². The summed E-state index contributed by atoms with van der Waals surface area (Å²) >= 11 is 5.76. The molecule has 2 unspecified atom stereocenters. The number of nitrogens with one attached hydrogen (secondary N) is 1. The molecule has 0 aliphatic heterocycles. The van der Waals surface area contributed by atoms with Crippen molar-refractivity contribution in [1.29, 1.82) is 0 Å². The lowest BCUT2D eigenvalue weighted by atomic mass is 9.80. The summed E-state index contributed by atoms with van der Waals surface area (Å²) in [5, 5.41) is 3.11. The van der Waals surface area contributed by atoms with Crippen LogP contribution in [0.15, 0.2) is 16.7 Å². The molecule has 1 aliphatic carbocycles. The van der Waals surface area contributed by atoms with Gasteiger partial charge in [-0.25, -0.2) is 0 Å². The van der Waals surface area contributed by atoms with E-state index in [4.69, 9.17) is 16.0 Å². The fourth-order valence-electron chi connectivity index (χ4n) is 2.47. The summed E-state index contributed by atoms with van der Waals surface area (Å²) in [6.45, 7) is 3.00. The number of hydrogen-bond acceptors (Lipinski definition) is 2. The topological polar surface area (TPSA) is 42.2 Å². The van der Waals surface area contributed by atoms with E-state index in [0.29, 0.717) is 17.4 Å². The SMILES string of the molecule is CC1CCCCC1CNC(=O)c1ccoc1Cl. The van der Waals surface area contributed by atoms with Crippen LogP contribution in [0.1, 0.15) is 43.0 Å². The summed E-state index contributed by atoms with van der Waals surface area (Å²) in [5.74, 6) is 1.16. The first kappa shape index (κ1) is 12.5. The lowest BCUT2D eigenvalue weighted by molar-refractivity contribution is 0.0936. The predicted octanol–water partition coefficient (Wildman–Crippen LogP) is 3.49. The summed E-state index contributed by atoms with van der Waals surface area (Å²) in [6.07, 6.45) is 6.50. The first-order chi connectivity index (χ1) is 8.18. The number of furan rings is 1. The van der Waals surface area contributed by atoms with Crippen molar-refractivity contribution in [1.82, 2.24) is 5.32 Å². The Labute approximate surface area is 107 Å². The second-order valence-electron chi connectivity index (χ2n) is 4.84. The van der Waals surface area contributed by atoms with Crippen molar-refractivity contribution < 1.29 is 9.21 Å². The van der Waals surface area contributed by atoms with E-state index in [1.54, 1.807) is 6.07 Å². The van der Waals surface area contributed by atoms with E-state index in [-0.39, 0.29) is 11.1 Å². The van der Waals surface area contributed by atoms with Gasteiger partial charge in [0.2, 0.25) is 5.22 Å². The quantitative estimate of drug-likeness (QED) is 0.898. The third kappa shape index (κ3) is 3.03. The third-order valence-electron chi connectivity index (χ3n) is 3.68. The van der Waals surface area contributed by atoms with Gasteiger partial charge < -0.3 is 9.73 Å². The molecule has 1 N–H and O–H groups in total. The Balaban J connectivity index is 1.86. The Hall–Kier alpha value is -0.960. The minimum atomic E-state index is -0.137. The molecule has 4 heteroatoms. The van der Waals surface area contributed by atoms with Crippen molar-refractivity contribution in [3.63, 3.8) is 0 Å². The number of hydrogen-bond donors (Lipinski definition) is 1. The number of carbonyl (C=O) groups is 1. The summed E-state index contributed by atoms with van der Waals surface area (Å²) in [4.78, 5) is 11.8. The van der Waals surface area contributed by atoms with Gasteiger partial charge in [-0.1, -0.05) is 26.2 Å². The predicted molar refractivity (Wildman–Crippen MR) is 67.2 cm³/mol. The van der Waals surface area contributed by atoms with Gasteiger partial charge in [0.15, 0.2) is 0 Å². The second kappa shape index (κ2) is 5.58. The van der Waals surface area contributed by atoms with Gasteiger partial charge >= 0.3 is 0 Å². The van der Waals surface area contributed by atoms with Gasteiger partial charge in [0.25, 0.3) is 5.91 Å². The molecule has 1 fully saturated rings. The van der Waals surface area contributed by atoms with E-state index < -0.39 is 0 Å². The number of rotatable bonds is 3. The molecule has 1 saturated carbocycles. The van der Waals surface area contributed by atoms with Gasteiger partial charge in [-0.3, -0.25) is 4.79 Å². The highest BCUT2D eigenvalue weighted by atomic mass is 35.5. The summed E-state index contributed by atoms with van der Waals surface area (Å²) in [7, 11) is 0. The molecule has 1 aromatic heterocycles. The third-order valence-corrected chi connectivity index (χ3v) is 3.97. The van der Waals surface area contributed by atoms with Gasteiger partial charge in [-0.05, 0) is 35.9 Å². The molecular formula is C13H18ClNO2. The molecule has 0 aromatic carbocycles. The molecule has 0 radical (unpaired) electrons. The van der Waals surface area contributed by atoms with E-state index in [9.17, 15) is 4.79 Å². The highest BCUT2D eigenvalue weighted by Gasteiger charge is 2.22. The minimum absolute atomic E-state index is 0.137. The van der Waals surface area contributed by atoms with Gasteiger partial charge in [0, 0.05) is 6.54 Å². The molecule has 0 bridgehead atoms. The normalized spacial score (nSPS) is 24.6. The fourth-order valence-corrected chi connectivity index (χ4v) is 2.67. The second-order valence-corrected chi connectivity index (χ2v) is 5.18. The maximum atomic E-state index is 11.8. The van der Waals surface area contributed by atoms with Gasteiger partial charge in [-0.2, -0.15) is 0 Å². The molecule has 0 saturated heterocycles. The maximum absolute atomic E-state index is 11.8. The van der Waals surface area contributed by atoms with Crippen LogP contribution in [0.25, 0.3) is 0 Å². The van der Waals surface area contributed by atoms with Crippen LogP contribution in [0.2, 0.25) is 5.22 Å². The summed E-state index contributed by atoms with van der Waals surface area (Å²) < 4.78 is 4.90. The Morgan fingerprint density at radius 1 is 1.53 bits per heavy atom. The fraction of sp³-hybridized carbons (Fsp3) is 0.615. The first-order valence-corrected chi connectivity index (χ1v) is 6.57. The van der Waals surface area contributed by atoms with Crippen molar-refractivity contribution in [2.24, 2.45) is 11.8 Å². The number of carbonyl (C=O) groups excluding carboxylic acids is 1. The maximum Gasteiger partial charge on any atom is 0.256 e. The zero-order valence-corrected chi connectivity index (χ0v) is 10.8. The van der Waals surface area contributed by atoms with Crippen LogP contribution in [0.3, 0.4) is 0 Å². The Morgan fingerprint density at radius 3 is 2.94 bits per heavy atom. The Morgan fingerprint density at radius 2 is 2.29 bits per heavy atom. The van der Waals surface area contributed by atoms with E-state index in [2.05, 4.69) is 12.2 Å². The minimum Gasteiger partial charge on any atom is -0.452 e. The lowest BCUT2D eigenvalue weighted by Crippen LogP contribution is -2.33. The van der Waals surface area contributed by atoms with Gasteiger partial charge in [0.05, 0.1) is 11.8 Å². The first-order valence-electron chi connectivity index (χ1n) is 6.19. The van der Waals surface area contributed by atoms with E-state index in [1.807, 2.05) is 0 Å². The molecule has 1 heterocycles. The summed E-state index contributed by atoms with van der Waals surface area (Å²) in [5.41, 5.74) is 0.426. The average Bonchev–Trinajstić information content (AvgIpc) is 2.74. The Bertz CT molecular complexity index is 389. The zero-order chi connectivity index (χ0) is 12.3. The van der Waals surface area contributed by atoms with Crippen LogP contribution < -0.4 is 5.32 Å².